The Morgan fingerprint density at radius 2 is 2.00 bits per heavy atom. The number of imidazole rings is 1. The Morgan fingerprint density at radius 1 is 1.30 bits per heavy atom. The standard InChI is InChI=1S/C15H19F2N3/c1-3-7-19-14(15-9-18-10-20(15)2)8-11-12(16)5-4-6-13(11)17/h4-6,9-10,14,19H,3,7-8H2,1-2H3. The lowest BCUT2D eigenvalue weighted by molar-refractivity contribution is 0.474. The molecule has 1 heterocycles. The fourth-order valence-electron chi connectivity index (χ4n) is 2.23. The molecule has 2 aromatic rings. The zero-order valence-corrected chi connectivity index (χ0v) is 11.7. The monoisotopic (exact) mass is 279 g/mol. The molecule has 0 aliphatic rings. The van der Waals surface area contributed by atoms with Crippen LogP contribution < -0.4 is 5.32 Å². The van der Waals surface area contributed by atoms with Crippen LogP contribution in [0.2, 0.25) is 0 Å². The van der Waals surface area contributed by atoms with E-state index in [1.165, 1.54) is 18.2 Å². The average Bonchev–Trinajstić information content (AvgIpc) is 2.84. The van der Waals surface area contributed by atoms with Crippen molar-refractivity contribution in [1.82, 2.24) is 14.9 Å². The fourth-order valence-corrected chi connectivity index (χ4v) is 2.23. The van der Waals surface area contributed by atoms with Crippen molar-refractivity contribution in [2.45, 2.75) is 25.8 Å². The minimum absolute atomic E-state index is 0.113. The molecule has 0 saturated carbocycles. The number of nitrogens with one attached hydrogen (secondary N) is 1. The summed E-state index contributed by atoms with van der Waals surface area (Å²) in [6.07, 6.45) is 4.63. The van der Waals surface area contributed by atoms with Crippen molar-refractivity contribution in [2.75, 3.05) is 6.54 Å². The van der Waals surface area contributed by atoms with Crippen LogP contribution >= 0.6 is 0 Å². The Hall–Kier alpha value is -1.75. The number of hydrogen-bond donors (Lipinski definition) is 1. The topological polar surface area (TPSA) is 29.9 Å². The number of hydrogen-bond acceptors (Lipinski definition) is 2. The van der Waals surface area contributed by atoms with Crippen molar-refractivity contribution < 1.29 is 8.78 Å². The zero-order chi connectivity index (χ0) is 14.5. The Morgan fingerprint density at radius 3 is 2.55 bits per heavy atom. The lowest BCUT2D eigenvalue weighted by Crippen LogP contribution is -2.26. The molecule has 1 N–H and O–H groups in total. The number of aryl methyl sites for hydroxylation is 1. The average molecular weight is 279 g/mol. The molecule has 3 nitrogen and oxygen atoms in total. The maximum atomic E-state index is 13.8. The van der Waals surface area contributed by atoms with Gasteiger partial charge in [-0.25, -0.2) is 13.8 Å². The van der Waals surface area contributed by atoms with E-state index in [1.54, 1.807) is 12.5 Å². The molecule has 0 amide bonds. The Labute approximate surface area is 117 Å². The molecule has 1 aromatic carbocycles. The molecule has 1 unspecified atom stereocenters. The summed E-state index contributed by atoms with van der Waals surface area (Å²) in [5, 5.41) is 3.32. The predicted octanol–water partition coefficient (Wildman–Crippen LogP) is 2.98. The van der Waals surface area contributed by atoms with Crippen molar-refractivity contribution in [3.05, 3.63) is 53.6 Å². The van der Waals surface area contributed by atoms with Gasteiger partial charge in [0.05, 0.1) is 18.1 Å². The SMILES string of the molecule is CCCNC(Cc1c(F)cccc1F)c1cncn1C. The van der Waals surface area contributed by atoms with Crippen LogP contribution in [0.4, 0.5) is 8.78 Å². The predicted molar refractivity (Wildman–Crippen MR) is 74.3 cm³/mol. The van der Waals surface area contributed by atoms with Crippen LogP contribution in [0.1, 0.15) is 30.6 Å². The summed E-state index contributed by atoms with van der Waals surface area (Å²) in [7, 11) is 1.88. The highest BCUT2D eigenvalue weighted by Gasteiger charge is 2.19. The van der Waals surface area contributed by atoms with Gasteiger partial charge in [0, 0.05) is 18.8 Å². The van der Waals surface area contributed by atoms with Crippen molar-refractivity contribution in [3.63, 3.8) is 0 Å². The molecular weight excluding hydrogens is 260 g/mol. The van der Waals surface area contributed by atoms with Crippen LogP contribution in [0.25, 0.3) is 0 Å². The summed E-state index contributed by atoms with van der Waals surface area (Å²) in [6.45, 7) is 2.84. The normalized spacial score (nSPS) is 12.6. The number of aromatic nitrogens is 2. The number of benzene rings is 1. The second kappa shape index (κ2) is 6.61. The van der Waals surface area contributed by atoms with Crippen molar-refractivity contribution in [1.29, 1.82) is 0 Å². The maximum Gasteiger partial charge on any atom is 0.129 e. The Kier molecular flexibility index (Phi) is 4.84. The molecule has 20 heavy (non-hydrogen) atoms. The van der Waals surface area contributed by atoms with E-state index in [0.29, 0.717) is 0 Å². The largest absolute Gasteiger partial charge is 0.336 e. The van der Waals surface area contributed by atoms with E-state index in [1.807, 2.05) is 11.6 Å². The minimum Gasteiger partial charge on any atom is -0.336 e. The van der Waals surface area contributed by atoms with E-state index in [2.05, 4.69) is 17.2 Å². The lowest BCUT2D eigenvalue weighted by atomic mass is 10.0. The van der Waals surface area contributed by atoms with Crippen LogP contribution in [0.15, 0.2) is 30.7 Å². The second-order valence-electron chi connectivity index (χ2n) is 4.84. The van der Waals surface area contributed by atoms with Crippen LogP contribution in [-0.4, -0.2) is 16.1 Å². The molecule has 1 aromatic heterocycles. The Balaban J connectivity index is 2.26. The molecule has 5 heteroatoms. The molecule has 0 bridgehead atoms. The zero-order valence-electron chi connectivity index (χ0n) is 11.7. The van der Waals surface area contributed by atoms with Gasteiger partial charge in [-0.2, -0.15) is 0 Å². The molecule has 0 aliphatic carbocycles. The first-order valence-electron chi connectivity index (χ1n) is 6.76. The van der Waals surface area contributed by atoms with Gasteiger partial charge in [0.1, 0.15) is 11.6 Å². The summed E-state index contributed by atoms with van der Waals surface area (Å²) in [4.78, 5) is 4.07. The first-order valence-corrected chi connectivity index (χ1v) is 6.76. The van der Waals surface area contributed by atoms with Crippen molar-refractivity contribution in [2.24, 2.45) is 7.05 Å². The van der Waals surface area contributed by atoms with Crippen LogP contribution in [0.3, 0.4) is 0 Å². The van der Waals surface area contributed by atoms with Crippen LogP contribution in [-0.2, 0) is 13.5 Å². The summed E-state index contributed by atoms with van der Waals surface area (Å²) in [5.41, 5.74) is 1.03. The van der Waals surface area contributed by atoms with Gasteiger partial charge in [0.25, 0.3) is 0 Å². The molecule has 0 radical (unpaired) electrons. The van der Waals surface area contributed by atoms with Gasteiger partial charge in [-0.1, -0.05) is 13.0 Å². The van der Waals surface area contributed by atoms with Gasteiger partial charge < -0.3 is 9.88 Å². The van der Waals surface area contributed by atoms with Gasteiger partial charge in [-0.3, -0.25) is 0 Å². The van der Waals surface area contributed by atoms with E-state index in [-0.39, 0.29) is 18.0 Å². The number of rotatable bonds is 6. The second-order valence-corrected chi connectivity index (χ2v) is 4.84. The van der Waals surface area contributed by atoms with Gasteiger partial charge in [0.15, 0.2) is 0 Å². The molecule has 108 valence electrons. The number of halogens is 2. The molecular formula is C15H19F2N3. The van der Waals surface area contributed by atoms with Crippen molar-refractivity contribution >= 4 is 0 Å². The fraction of sp³-hybridized carbons (Fsp3) is 0.400. The molecule has 0 fully saturated rings. The highest BCUT2D eigenvalue weighted by atomic mass is 19.1. The third kappa shape index (κ3) is 3.22. The van der Waals surface area contributed by atoms with Crippen molar-refractivity contribution in [3.8, 4) is 0 Å². The summed E-state index contributed by atoms with van der Waals surface area (Å²) >= 11 is 0. The highest BCUT2D eigenvalue weighted by molar-refractivity contribution is 5.22. The van der Waals surface area contributed by atoms with E-state index in [0.717, 1.165) is 18.7 Å². The smallest absolute Gasteiger partial charge is 0.129 e. The van der Waals surface area contributed by atoms with E-state index < -0.39 is 11.6 Å². The third-order valence-corrected chi connectivity index (χ3v) is 3.32. The first-order chi connectivity index (χ1) is 9.63. The van der Waals surface area contributed by atoms with E-state index in [4.69, 9.17) is 0 Å². The highest BCUT2D eigenvalue weighted by Crippen LogP contribution is 2.22. The minimum atomic E-state index is -0.504. The first kappa shape index (κ1) is 14.7. The summed E-state index contributed by atoms with van der Waals surface area (Å²) in [6, 6.07) is 3.80. The maximum absolute atomic E-state index is 13.8. The third-order valence-electron chi connectivity index (χ3n) is 3.32. The molecule has 0 aliphatic heterocycles. The van der Waals surface area contributed by atoms with Gasteiger partial charge in [-0.15, -0.1) is 0 Å². The van der Waals surface area contributed by atoms with Crippen LogP contribution in [0, 0.1) is 11.6 Å². The molecule has 1 atom stereocenters. The van der Waals surface area contributed by atoms with Gasteiger partial charge in [-0.05, 0) is 31.5 Å². The molecule has 0 spiro atoms. The van der Waals surface area contributed by atoms with Gasteiger partial charge >= 0.3 is 0 Å². The van der Waals surface area contributed by atoms with E-state index in [9.17, 15) is 8.78 Å². The quantitative estimate of drug-likeness (QED) is 0.881. The number of nitrogens with zero attached hydrogens (tertiary/aromatic N) is 2. The van der Waals surface area contributed by atoms with Crippen LogP contribution in [0.5, 0.6) is 0 Å². The Bertz CT molecular complexity index is 546. The summed E-state index contributed by atoms with van der Waals surface area (Å²) in [5.74, 6) is -1.01. The molecule has 0 saturated heterocycles. The lowest BCUT2D eigenvalue weighted by Gasteiger charge is -2.19. The van der Waals surface area contributed by atoms with E-state index >= 15 is 0 Å². The summed E-state index contributed by atoms with van der Waals surface area (Å²) < 4.78 is 29.4. The van der Waals surface area contributed by atoms with Gasteiger partial charge in [0.2, 0.25) is 0 Å². The molecule has 2 rings (SSSR count).